The molecule has 1 saturated carbocycles. The summed E-state index contributed by atoms with van der Waals surface area (Å²) in [4.78, 5) is 0. The van der Waals surface area contributed by atoms with Crippen molar-refractivity contribution in [2.75, 3.05) is 7.11 Å². The lowest BCUT2D eigenvalue weighted by atomic mass is 9.71. The molecule has 0 radical (unpaired) electrons. The molecule has 0 aliphatic heterocycles. The molecular formula is C18H21NO2. The number of rotatable bonds is 5. The number of hydrogen-bond acceptors (Lipinski definition) is 3. The number of benzene rings is 2. The first-order valence-corrected chi connectivity index (χ1v) is 7.40. The van der Waals surface area contributed by atoms with Crippen molar-refractivity contribution in [1.29, 1.82) is 0 Å². The number of phenols is 1. The van der Waals surface area contributed by atoms with Crippen LogP contribution >= 0.6 is 0 Å². The number of aromatic hydroxyl groups is 1. The second-order valence-electron chi connectivity index (χ2n) is 5.66. The zero-order valence-corrected chi connectivity index (χ0v) is 12.3. The van der Waals surface area contributed by atoms with Crippen LogP contribution in [0.25, 0.3) is 0 Å². The molecule has 2 N–H and O–H groups in total. The molecule has 2 aromatic rings. The minimum absolute atomic E-state index is 0.0941. The highest BCUT2D eigenvalue weighted by atomic mass is 16.5. The number of nitrogens with one attached hydrogen (secondary N) is 1. The van der Waals surface area contributed by atoms with Crippen molar-refractivity contribution < 1.29 is 9.84 Å². The maximum atomic E-state index is 9.86. The summed E-state index contributed by atoms with van der Waals surface area (Å²) in [6.07, 6.45) is 3.59. The van der Waals surface area contributed by atoms with Crippen molar-refractivity contribution in [3.63, 3.8) is 0 Å². The summed E-state index contributed by atoms with van der Waals surface area (Å²) in [5.41, 5.74) is 2.51. The van der Waals surface area contributed by atoms with E-state index < -0.39 is 0 Å². The monoisotopic (exact) mass is 283 g/mol. The topological polar surface area (TPSA) is 41.5 Å². The third-order valence-electron chi connectivity index (χ3n) is 4.41. The Morgan fingerprint density at radius 3 is 2.48 bits per heavy atom. The van der Waals surface area contributed by atoms with E-state index in [0.29, 0.717) is 5.75 Å². The molecule has 0 spiro atoms. The number of phenolic OH excluding ortho intramolecular Hbond substituents is 1. The Bertz CT molecular complexity index is 606. The Kier molecular flexibility index (Phi) is 3.84. The Hall–Kier alpha value is -2.00. The molecular weight excluding hydrogens is 262 g/mol. The van der Waals surface area contributed by atoms with E-state index in [4.69, 9.17) is 4.74 Å². The first-order valence-electron chi connectivity index (χ1n) is 7.40. The molecule has 1 aliphatic rings. The van der Waals surface area contributed by atoms with Gasteiger partial charge in [-0.05, 0) is 42.5 Å². The van der Waals surface area contributed by atoms with Gasteiger partial charge >= 0.3 is 0 Å². The van der Waals surface area contributed by atoms with Gasteiger partial charge in [0.1, 0.15) is 0 Å². The van der Waals surface area contributed by atoms with Gasteiger partial charge in [-0.3, -0.25) is 0 Å². The van der Waals surface area contributed by atoms with E-state index >= 15 is 0 Å². The largest absolute Gasteiger partial charge is 0.504 e. The summed E-state index contributed by atoms with van der Waals surface area (Å²) < 4.78 is 5.08. The van der Waals surface area contributed by atoms with E-state index in [1.807, 2.05) is 12.1 Å². The van der Waals surface area contributed by atoms with Crippen LogP contribution < -0.4 is 10.1 Å². The lowest BCUT2D eigenvalue weighted by Gasteiger charge is -2.43. The average Bonchev–Trinajstić information content (AvgIpc) is 2.47. The van der Waals surface area contributed by atoms with Crippen molar-refractivity contribution >= 4 is 0 Å². The SMILES string of the molecule is COc1ccc(CNC2(c3ccccc3)CCC2)cc1O. The molecule has 2 aromatic carbocycles. The fourth-order valence-corrected chi connectivity index (χ4v) is 2.97. The highest BCUT2D eigenvalue weighted by molar-refractivity contribution is 5.41. The average molecular weight is 283 g/mol. The van der Waals surface area contributed by atoms with E-state index in [0.717, 1.165) is 12.1 Å². The Morgan fingerprint density at radius 1 is 1.14 bits per heavy atom. The quantitative estimate of drug-likeness (QED) is 0.881. The molecule has 1 fully saturated rings. The van der Waals surface area contributed by atoms with Crippen LogP contribution in [0.1, 0.15) is 30.4 Å². The van der Waals surface area contributed by atoms with Crippen LogP contribution in [-0.4, -0.2) is 12.2 Å². The normalized spacial score (nSPS) is 16.2. The standard InChI is InChI=1S/C18H21NO2/c1-21-17-9-8-14(12-16(17)20)13-19-18(10-5-11-18)15-6-3-2-4-7-15/h2-4,6-9,12,19-20H,5,10-11,13H2,1H3. The lowest BCUT2D eigenvalue weighted by molar-refractivity contribution is 0.183. The molecule has 3 nitrogen and oxygen atoms in total. The van der Waals surface area contributed by atoms with E-state index in [1.54, 1.807) is 13.2 Å². The van der Waals surface area contributed by atoms with Crippen molar-refractivity contribution in [2.24, 2.45) is 0 Å². The minimum Gasteiger partial charge on any atom is -0.504 e. The summed E-state index contributed by atoms with van der Waals surface area (Å²) in [6.45, 7) is 0.743. The van der Waals surface area contributed by atoms with Gasteiger partial charge in [0, 0.05) is 12.1 Å². The summed E-state index contributed by atoms with van der Waals surface area (Å²) in [5, 5.41) is 13.5. The third-order valence-corrected chi connectivity index (χ3v) is 4.41. The molecule has 3 heteroatoms. The Labute approximate surface area is 125 Å². The predicted molar refractivity (Wildman–Crippen MR) is 83.5 cm³/mol. The molecule has 3 rings (SSSR count). The van der Waals surface area contributed by atoms with Crippen LogP contribution in [0.4, 0.5) is 0 Å². The van der Waals surface area contributed by atoms with Gasteiger partial charge in [-0.15, -0.1) is 0 Å². The van der Waals surface area contributed by atoms with Gasteiger partial charge < -0.3 is 15.2 Å². The molecule has 0 atom stereocenters. The molecule has 0 saturated heterocycles. The van der Waals surface area contributed by atoms with Crippen LogP contribution in [0.5, 0.6) is 11.5 Å². The van der Waals surface area contributed by atoms with Gasteiger partial charge in [0.2, 0.25) is 0 Å². The summed E-state index contributed by atoms with van der Waals surface area (Å²) in [6, 6.07) is 16.2. The molecule has 21 heavy (non-hydrogen) atoms. The van der Waals surface area contributed by atoms with E-state index in [2.05, 4.69) is 35.6 Å². The predicted octanol–water partition coefficient (Wildman–Crippen LogP) is 3.57. The maximum absolute atomic E-state index is 9.86. The van der Waals surface area contributed by atoms with Gasteiger partial charge in [0.15, 0.2) is 11.5 Å². The summed E-state index contributed by atoms with van der Waals surface area (Å²) in [5.74, 6) is 0.708. The minimum atomic E-state index is 0.0941. The highest BCUT2D eigenvalue weighted by Crippen LogP contribution is 2.41. The smallest absolute Gasteiger partial charge is 0.160 e. The van der Waals surface area contributed by atoms with Crippen LogP contribution in [0.2, 0.25) is 0 Å². The van der Waals surface area contributed by atoms with E-state index in [9.17, 15) is 5.11 Å². The first kappa shape index (κ1) is 14.0. The molecule has 1 aliphatic carbocycles. The first-order chi connectivity index (χ1) is 10.2. The highest BCUT2D eigenvalue weighted by Gasteiger charge is 2.37. The van der Waals surface area contributed by atoms with Crippen molar-refractivity contribution in [2.45, 2.75) is 31.3 Å². The van der Waals surface area contributed by atoms with Crippen molar-refractivity contribution in [3.8, 4) is 11.5 Å². The number of methoxy groups -OCH3 is 1. The third kappa shape index (κ3) is 2.74. The van der Waals surface area contributed by atoms with Gasteiger partial charge in [0.25, 0.3) is 0 Å². The number of ether oxygens (including phenoxy) is 1. The number of hydrogen-bond donors (Lipinski definition) is 2. The van der Waals surface area contributed by atoms with Gasteiger partial charge in [-0.25, -0.2) is 0 Å². The fourth-order valence-electron chi connectivity index (χ4n) is 2.97. The Morgan fingerprint density at radius 2 is 1.90 bits per heavy atom. The van der Waals surface area contributed by atoms with E-state index in [1.165, 1.54) is 24.8 Å². The molecule has 0 unspecified atom stereocenters. The van der Waals surface area contributed by atoms with Crippen LogP contribution in [0.3, 0.4) is 0 Å². The summed E-state index contributed by atoms with van der Waals surface area (Å²) >= 11 is 0. The van der Waals surface area contributed by atoms with Crippen LogP contribution in [0.15, 0.2) is 48.5 Å². The zero-order valence-electron chi connectivity index (χ0n) is 12.3. The second-order valence-corrected chi connectivity index (χ2v) is 5.66. The van der Waals surface area contributed by atoms with Crippen LogP contribution in [0, 0.1) is 0 Å². The fraction of sp³-hybridized carbons (Fsp3) is 0.333. The second kappa shape index (κ2) is 5.78. The van der Waals surface area contributed by atoms with Gasteiger partial charge in [-0.2, -0.15) is 0 Å². The Balaban J connectivity index is 1.73. The van der Waals surface area contributed by atoms with Gasteiger partial charge in [-0.1, -0.05) is 36.4 Å². The molecule has 0 aromatic heterocycles. The van der Waals surface area contributed by atoms with Crippen LogP contribution in [-0.2, 0) is 12.1 Å². The zero-order chi connectivity index (χ0) is 14.7. The molecule has 110 valence electrons. The molecule has 0 bridgehead atoms. The van der Waals surface area contributed by atoms with Crippen molar-refractivity contribution in [3.05, 3.63) is 59.7 Å². The maximum Gasteiger partial charge on any atom is 0.160 e. The summed E-state index contributed by atoms with van der Waals surface area (Å²) in [7, 11) is 1.56. The molecule has 0 heterocycles. The van der Waals surface area contributed by atoms with Gasteiger partial charge in [0.05, 0.1) is 7.11 Å². The van der Waals surface area contributed by atoms with Crippen molar-refractivity contribution in [1.82, 2.24) is 5.32 Å². The van der Waals surface area contributed by atoms with E-state index in [-0.39, 0.29) is 11.3 Å². The molecule has 0 amide bonds. The lowest BCUT2D eigenvalue weighted by Crippen LogP contribution is -2.47.